The molecule has 17 heavy (non-hydrogen) atoms. The van der Waals surface area contributed by atoms with Crippen molar-refractivity contribution in [2.75, 3.05) is 6.54 Å². The molecule has 1 fully saturated rings. The highest BCUT2D eigenvalue weighted by Crippen LogP contribution is 2.37. The Morgan fingerprint density at radius 3 is 2.65 bits per heavy atom. The molecule has 0 aliphatic heterocycles. The molecule has 0 bridgehead atoms. The molecule has 3 heteroatoms. The van der Waals surface area contributed by atoms with E-state index in [-0.39, 0.29) is 5.92 Å². The zero-order valence-corrected chi connectivity index (χ0v) is 10.7. The van der Waals surface area contributed by atoms with E-state index in [0.717, 1.165) is 11.6 Å². The first-order chi connectivity index (χ1) is 8.19. The predicted molar refractivity (Wildman–Crippen MR) is 70.0 cm³/mol. The van der Waals surface area contributed by atoms with Gasteiger partial charge in [-0.1, -0.05) is 23.7 Å². The van der Waals surface area contributed by atoms with Crippen LogP contribution in [0.25, 0.3) is 0 Å². The lowest BCUT2D eigenvalue weighted by molar-refractivity contribution is 0.286. The first-order valence-corrected chi connectivity index (χ1v) is 6.45. The van der Waals surface area contributed by atoms with Gasteiger partial charge in [0.1, 0.15) is 0 Å². The minimum Gasteiger partial charge on any atom is -0.313 e. The van der Waals surface area contributed by atoms with Crippen LogP contribution in [0, 0.1) is 17.2 Å². The standard InChI is InChI=1S/C14H17ClN2/c1-10(8-16)9-17-14-6-12(7-14)11-2-4-13(15)5-3-11/h2-5,10,12,14,17H,6-7,9H2,1H3. The smallest absolute Gasteiger partial charge is 0.0666 e. The van der Waals surface area contributed by atoms with Gasteiger partial charge in [0.05, 0.1) is 12.0 Å². The van der Waals surface area contributed by atoms with Crippen molar-refractivity contribution in [1.29, 1.82) is 5.26 Å². The third-order valence-corrected chi connectivity index (χ3v) is 3.66. The van der Waals surface area contributed by atoms with Gasteiger partial charge in [-0.3, -0.25) is 0 Å². The topological polar surface area (TPSA) is 35.8 Å². The number of benzene rings is 1. The van der Waals surface area contributed by atoms with Gasteiger partial charge in [0.25, 0.3) is 0 Å². The first-order valence-electron chi connectivity index (χ1n) is 6.07. The van der Waals surface area contributed by atoms with Crippen molar-refractivity contribution in [3.8, 4) is 6.07 Å². The highest BCUT2D eigenvalue weighted by Gasteiger charge is 2.29. The summed E-state index contributed by atoms with van der Waals surface area (Å²) < 4.78 is 0. The fourth-order valence-electron chi connectivity index (χ4n) is 2.18. The summed E-state index contributed by atoms with van der Waals surface area (Å²) in [6.07, 6.45) is 2.33. The molecule has 1 unspecified atom stereocenters. The maximum absolute atomic E-state index is 8.69. The summed E-state index contributed by atoms with van der Waals surface area (Å²) in [5.74, 6) is 0.756. The molecule has 1 atom stereocenters. The van der Waals surface area contributed by atoms with Gasteiger partial charge in [-0.15, -0.1) is 0 Å². The Morgan fingerprint density at radius 1 is 1.41 bits per heavy atom. The van der Waals surface area contributed by atoms with E-state index < -0.39 is 0 Å². The average Bonchev–Trinajstić information content (AvgIpc) is 2.29. The molecule has 1 N–H and O–H groups in total. The van der Waals surface area contributed by atoms with Crippen molar-refractivity contribution in [3.63, 3.8) is 0 Å². The van der Waals surface area contributed by atoms with E-state index in [4.69, 9.17) is 16.9 Å². The first kappa shape index (κ1) is 12.4. The lowest BCUT2D eigenvalue weighted by atomic mass is 9.76. The monoisotopic (exact) mass is 248 g/mol. The summed E-state index contributed by atoms with van der Waals surface area (Å²) in [4.78, 5) is 0. The van der Waals surface area contributed by atoms with E-state index in [0.29, 0.717) is 12.0 Å². The van der Waals surface area contributed by atoms with Crippen LogP contribution >= 0.6 is 11.6 Å². The van der Waals surface area contributed by atoms with Crippen LogP contribution in [0.3, 0.4) is 0 Å². The minimum absolute atomic E-state index is 0.101. The Kier molecular flexibility index (Phi) is 4.04. The third-order valence-electron chi connectivity index (χ3n) is 3.41. The van der Waals surface area contributed by atoms with Gasteiger partial charge in [-0.2, -0.15) is 5.26 Å². The molecular weight excluding hydrogens is 232 g/mol. The summed E-state index contributed by atoms with van der Waals surface area (Å²) in [7, 11) is 0. The second-order valence-electron chi connectivity index (χ2n) is 4.86. The van der Waals surface area contributed by atoms with Crippen LogP contribution in [0.4, 0.5) is 0 Å². The predicted octanol–water partition coefficient (Wildman–Crippen LogP) is 3.34. The van der Waals surface area contributed by atoms with Gasteiger partial charge >= 0.3 is 0 Å². The molecule has 1 aliphatic carbocycles. The fraction of sp³-hybridized carbons (Fsp3) is 0.500. The number of hydrogen-bond donors (Lipinski definition) is 1. The van der Waals surface area contributed by atoms with E-state index in [9.17, 15) is 0 Å². The Hall–Kier alpha value is -1.04. The molecule has 1 aromatic carbocycles. The maximum atomic E-state index is 8.69. The Bertz CT molecular complexity index is 401. The van der Waals surface area contributed by atoms with E-state index in [1.165, 1.54) is 18.4 Å². The highest BCUT2D eigenvalue weighted by molar-refractivity contribution is 6.30. The molecule has 2 nitrogen and oxygen atoms in total. The second-order valence-corrected chi connectivity index (χ2v) is 5.29. The lowest BCUT2D eigenvalue weighted by Gasteiger charge is -2.36. The summed E-state index contributed by atoms with van der Waals surface area (Å²) in [6, 6.07) is 10.9. The maximum Gasteiger partial charge on any atom is 0.0666 e. The minimum atomic E-state index is 0.101. The Balaban J connectivity index is 1.75. The van der Waals surface area contributed by atoms with Crippen molar-refractivity contribution in [1.82, 2.24) is 5.32 Å². The van der Waals surface area contributed by atoms with Crippen molar-refractivity contribution >= 4 is 11.6 Å². The number of hydrogen-bond acceptors (Lipinski definition) is 2. The zero-order valence-electron chi connectivity index (χ0n) is 9.99. The molecule has 0 aromatic heterocycles. The van der Waals surface area contributed by atoms with Crippen LogP contribution in [-0.2, 0) is 0 Å². The molecule has 2 rings (SSSR count). The van der Waals surface area contributed by atoms with E-state index in [1.807, 2.05) is 19.1 Å². The SMILES string of the molecule is CC(C#N)CNC1CC(c2ccc(Cl)cc2)C1. The van der Waals surface area contributed by atoms with Gasteiger partial charge < -0.3 is 5.32 Å². The summed E-state index contributed by atoms with van der Waals surface area (Å²) in [6.45, 7) is 2.75. The van der Waals surface area contributed by atoms with Crippen molar-refractivity contribution in [2.45, 2.75) is 31.7 Å². The van der Waals surface area contributed by atoms with Gasteiger partial charge in [-0.05, 0) is 43.4 Å². The quantitative estimate of drug-likeness (QED) is 0.887. The molecule has 1 aromatic rings. The molecule has 0 spiro atoms. The molecule has 1 aliphatic rings. The third kappa shape index (κ3) is 3.21. The molecule has 0 heterocycles. The second kappa shape index (κ2) is 5.53. The Morgan fingerprint density at radius 2 is 2.06 bits per heavy atom. The van der Waals surface area contributed by atoms with Crippen LogP contribution in [0.2, 0.25) is 5.02 Å². The number of rotatable bonds is 4. The number of halogens is 1. The van der Waals surface area contributed by atoms with Gasteiger partial charge in [0.2, 0.25) is 0 Å². The van der Waals surface area contributed by atoms with Crippen molar-refractivity contribution < 1.29 is 0 Å². The molecule has 0 amide bonds. The molecule has 1 saturated carbocycles. The van der Waals surface area contributed by atoms with Crippen LogP contribution in [-0.4, -0.2) is 12.6 Å². The van der Waals surface area contributed by atoms with Crippen LogP contribution in [0.5, 0.6) is 0 Å². The van der Waals surface area contributed by atoms with Gasteiger partial charge in [-0.25, -0.2) is 0 Å². The zero-order chi connectivity index (χ0) is 12.3. The van der Waals surface area contributed by atoms with Gasteiger partial charge in [0.15, 0.2) is 0 Å². The van der Waals surface area contributed by atoms with Crippen molar-refractivity contribution in [2.24, 2.45) is 5.92 Å². The van der Waals surface area contributed by atoms with Gasteiger partial charge in [0, 0.05) is 17.6 Å². The molecule has 0 saturated heterocycles. The number of nitrogens with zero attached hydrogens (tertiary/aromatic N) is 1. The van der Waals surface area contributed by atoms with E-state index in [2.05, 4.69) is 23.5 Å². The highest BCUT2D eigenvalue weighted by atomic mass is 35.5. The molecule has 0 radical (unpaired) electrons. The van der Waals surface area contributed by atoms with Crippen LogP contribution < -0.4 is 5.32 Å². The van der Waals surface area contributed by atoms with E-state index in [1.54, 1.807) is 0 Å². The van der Waals surface area contributed by atoms with Crippen LogP contribution in [0.1, 0.15) is 31.2 Å². The summed E-state index contributed by atoms with van der Waals surface area (Å²) >= 11 is 5.86. The molecular formula is C14H17ClN2. The molecule has 90 valence electrons. The summed E-state index contributed by atoms with van der Waals surface area (Å²) in [5, 5.41) is 12.9. The van der Waals surface area contributed by atoms with Crippen LogP contribution in [0.15, 0.2) is 24.3 Å². The van der Waals surface area contributed by atoms with E-state index >= 15 is 0 Å². The Labute approximate surface area is 108 Å². The van der Waals surface area contributed by atoms with Crippen molar-refractivity contribution in [3.05, 3.63) is 34.9 Å². The summed E-state index contributed by atoms with van der Waals surface area (Å²) in [5.41, 5.74) is 1.38. The fourth-order valence-corrected chi connectivity index (χ4v) is 2.31. The number of nitriles is 1. The normalized spacial score (nSPS) is 24.8. The lowest BCUT2D eigenvalue weighted by Crippen LogP contribution is -2.41. The largest absolute Gasteiger partial charge is 0.313 e. The average molecular weight is 249 g/mol. The number of nitrogens with one attached hydrogen (secondary N) is 1.